The zero-order valence-corrected chi connectivity index (χ0v) is 19.0. The minimum atomic E-state index is -0.690. The topological polar surface area (TPSA) is 93.4 Å². The summed E-state index contributed by atoms with van der Waals surface area (Å²) in [4.78, 5) is 25.2. The second kappa shape index (κ2) is 12.5. The molecular formula is C22H29N3O3S2. The minimum Gasteiger partial charge on any atom is -0.467 e. The average molecular weight is 448 g/mol. The summed E-state index contributed by atoms with van der Waals surface area (Å²) in [7, 11) is 1.33. The Bertz CT molecular complexity index is 834. The Hall–Kier alpha value is -2.16. The number of benzene rings is 2. The molecule has 0 radical (unpaired) electrons. The number of thiol groups is 1. The van der Waals surface area contributed by atoms with Crippen LogP contribution in [0.25, 0.3) is 11.1 Å². The molecule has 0 bridgehead atoms. The van der Waals surface area contributed by atoms with Crippen molar-refractivity contribution in [1.82, 2.24) is 5.32 Å². The monoisotopic (exact) mass is 447 g/mol. The van der Waals surface area contributed by atoms with E-state index in [1.807, 2.05) is 48.7 Å². The van der Waals surface area contributed by atoms with Gasteiger partial charge in [-0.25, -0.2) is 4.79 Å². The molecule has 0 spiro atoms. The molecule has 8 heteroatoms. The first kappa shape index (κ1) is 24.1. The number of anilines is 1. The van der Waals surface area contributed by atoms with Gasteiger partial charge in [-0.1, -0.05) is 30.3 Å². The van der Waals surface area contributed by atoms with Crippen LogP contribution in [0.3, 0.4) is 0 Å². The van der Waals surface area contributed by atoms with E-state index >= 15 is 0 Å². The average Bonchev–Trinajstić information content (AvgIpc) is 2.79. The highest BCUT2D eigenvalue weighted by atomic mass is 32.2. The Balaban J connectivity index is 2.32. The fourth-order valence-corrected chi connectivity index (χ4v) is 3.49. The Labute approximate surface area is 187 Å². The molecule has 2 aromatic rings. The standard InChI is InChI=1S/C22H29N3O3S2/c1-28-22(27)20(10-11-30-2)25-21(26)18-9-8-17(24-13-16(23)14-29)12-19(18)15-6-4-3-5-7-15/h3-9,12,16,20,24,29H,10-11,13-14,23H2,1-2H3,(H,25,26)/t16-,20-/m1/s1. The minimum absolute atomic E-state index is 0.0752. The number of esters is 1. The van der Waals surface area contributed by atoms with Crippen molar-refractivity contribution in [3.63, 3.8) is 0 Å². The van der Waals surface area contributed by atoms with Crippen LogP contribution < -0.4 is 16.4 Å². The fraction of sp³-hybridized carbons (Fsp3) is 0.364. The number of methoxy groups -OCH3 is 1. The molecule has 0 aliphatic rings. The Morgan fingerprint density at radius 2 is 1.93 bits per heavy atom. The van der Waals surface area contributed by atoms with E-state index in [1.165, 1.54) is 7.11 Å². The van der Waals surface area contributed by atoms with Gasteiger partial charge in [-0.05, 0) is 47.8 Å². The summed E-state index contributed by atoms with van der Waals surface area (Å²) in [5, 5.41) is 6.12. The van der Waals surface area contributed by atoms with Crippen molar-refractivity contribution < 1.29 is 14.3 Å². The highest BCUT2D eigenvalue weighted by Crippen LogP contribution is 2.27. The lowest BCUT2D eigenvalue weighted by Crippen LogP contribution is -2.42. The molecule has 162 valence electrons. The molecule has 4 N–H and O–H groups in total. The first-order chi connectivity index (χ1) is 14.5. The Morgan fingerprint density at radius 1 is 1.20 bits per heavy atom. The molecule has 6 nitrogen and oxygen atoms in total. The van der Waals surface area contributed by atoms with E-state index in [1.54, 1.807) is 17.8 Å². The van der Waals surface area contributed by atoms with Gasteiger partial charge in [-0.15, -0.1) is 0 Å². The van der Waals surface area contributed by atoms with Crippen LogP contribution in [0.4, 0.5) is 5.69 Å². The van der Waals surface area contributed by atoms with Gasteiger partial charge in [0.2, 0.25) is 0 Å². The molecule has 2 atom stereocenters. The number of hydrogen-bond acceptors (Lipinski definition) is 7. The fourth-order valence-electron chi connectivity index (χ4n) is 2.89. The van der Waals surface area contributed by atoms with Crippen molar-refractivity contribution >= 4 is 42.0 Å². The van der Waals surface area contributed by atoms with Gasteiger partial charge in [-0.2, -0.15) is 24.4 Å². The normalized spacial score (nSPS) is 12.7. The van der Waals surface area contributed by atoms with Crippen LogP contribution in [0.5, 0.6) is 0 Å². The molecule has 0 fully saturated rings. The lowest BCUT2D eigenvalue weighted by molar-refractivity contribution is -0.142. The SMILES string of the molecule is COC(=O)[C@@H](CCSC)NC(=O)c1ccc(NC[C@@H](N)CS)cc1-c1ccccc1. The van der Waals surface area contributed by atoms with Crippen LogP contribution in [0.2, 0.25) is 0 Å². The molecule has 2 aromatic carbocycles. The van der Waals surface area contributed by atoms with Crippen molar-refractivity contribution in [2.24, 2.45) is 5.73 Å². The lowest BCUT2D eigenvalue weighted by Gasteiger charge is -2.19. The molecule has 0 unspecified atom stereocenters. The van der Waals surface area contributed by atoms with Crippen LogP contribution in [-0.4, -0.2) is 55.4 Å². The Morgan fingerprint density at radius 3 is 2.57 bits per heavy atom. The number of amides is 1. The summed E-state index contributed by atoms with van der Waals surface area (Å²) in [5.74, 6) is 0.547. The number of nitrogens with two attached hydrogens (primary N) is 1. The predicted molar refractivity (Wildman–Crippen MR) is 128 cm³/mol. The molecular weight excluding hydrogens is 418 g/mol. The van der Waals surface area contributed by atoms with Crippen molar-refractivity contribution in [2.45, 2.75) is 18.5 Å². The van der Waals surface area contributed by atoms with Crippen molar-refractivity contribution in [3.05, 3.63) is 54.1 Å². The van der Waals surface area contributed by atoms with Gasteiger partial charge in [0.1, 0.15) is 6.04 Å². The van der Waals surface area contributed by atoms with E-state index in [2.05, 4.69) is 23.3 Å². The van der Waals surface area contributed by atoms with Crippen molar-refractivity contribution in [1.29, 1.82) is 0 Å². The van der Waals surface area contributed by atoms with Crippen LogP contribution in [0, 0.1) is 0 Å². The second-order valence-electron chi connectivity index (χ2n) is 6.78. The molecule has 0 saturated carbocycles. The molecule has 0 aliphatic carbocycles. The smallest absolute Gasteiger partial charge is 0.328 e. The molecule has 2 rings (SSSR count). The highest BCUT2D eigenvalue weighted by molar-refractivity contribution is 7.98. The molecule has 0 aromatic heterocycles. The number of hydrogen-bond donors (Lipinski definition) is 4. The largest absolute Gasteiger partial charge is 0.467 e. The molecule has 0 saturated heterocycles. The number of thioether (sulfide) groups is 1. The summed E-state index contributed by atoms with van der Waals surface area (Å²) in [6.45, 7) is 0.572. The molecule has 1 amide bonds. The maximum Gasteiger partial charge on any atom is 0.328 e. The van der Waals surface area contributed by atoms with Gasteiger partial charge in [0, 0.05) is 29.6 Å². The summed E-state index contributed by atoms with van der Waals surface area (Å²) in [5.41, 5.74) is 8.96. The third-order valence-corrected chi connectivity index (χ3v) is 5.67. The third kappa shape index (κ3) is 6.97. The first-order valence-corrected chi connectivity index (χ1v) is 11.7. The number of carbonyl (C=O) groups excluding carboxylic acids is 2. The van der Waals surface area contributed by atoms with E-state index in [-0.39, 0.29) is 11.9 Å². The van der Waals surface area contributed by atoms with E-state index in [4.69, 9.17) is 10.5 Å². The number of rotatable bonds is 11. The van der Waals surface area contributed by atoms with Crippen molar-refractivity contribution in [3.8, 4) is 11.1 Å². The van der Waals surface area contributed by atoms with Crippen LogP contribution in [-0.2, 0) is 9.53 Å². The first-order valence-electron chi connectivity index (χ1n) is 9.67. The van der Waals surface area contributed by atoms with E-state index < -0.39 is 12.0 Å². The highest BCUT2D eigenvalue weighted by Gasteiger charge is 2.23. The van der Waals surface area contributed by atoms with Crippen LogP contribution >= 0.6 is 24.4 Å². The van der Waals surface area contributed by atoms with Crippen LogP contribution in [0.15, 0.2) is 48.5 Å². The summed E-state index contributed by atoms with van der Waals surface area (Å²) < 4.78 is 4.85. The predicted octanol–water partition coefficient (Wildman–Crippen LogP) is 3.05. The maximum atomic E-state index is 13.1. The van der Waals surface area contributed by atoms with Gasteiger partial charge in [0.05, 0.1) is 7.11 Å². The van der Waals surface area contributed by atoms with Crippen molar-refractivity contribution in [2.75, 3.05) is 36.7 Å². The van der Waals surface area contributed by atoms with Crippen LogP contribution in [0.1, 0.15) is 16.8 Å². The van der Waals surface area contributed by atoms with Gasteiger partial charge in [-0.3, -0.25) is 4.79 Å². The zero-order valence-electron chi connectivity index (χ0n) is 17.3. The number of nitrogens with one attached hydrogen (secondary N) is 2. The van der Waals surface area contributed by atoms with Gasteiger partial charge in [0.25, 0.3) is 5.91 Å². The van der Waals surface area contributed by atoms with Gasteiger partial charge in [0.15, 0.2) is 0 Å². The van der Waals surface area contributed by atoms with E-state index in [0.717, 1.165) is 22.6 Å². The number of carbonyl (C=O) groups is 2. The Kier molecular flexibility index (Phi) is 10.1. The summed E-state index contributed by atoms with van der Waals surface area (Å²) >= 11 is 5.82. The zero-order chi connectivity index (χ0) is 21.9. The summed E-state index contributed by atoms with van der Waals surface area (Å²) in [6.07, 6.45) is 2.45. The third-order valence-electron chi connectivity index (χ3n) is 4.55. The van der Waals surface area contributed by atoms with E-state index in [9.17, 15) is 9.59 Å². The molecule has 30 heavy (non-hydrogen) atoms. The van der Waals surface area contributed by atoms with Gasteiger partial charge < -0.3 is 21.1 Å². The quantitative estimate of drug-likeness (QED) is 0.313. The molecule has 0 heterocycles. The summed E-state index contributed by atoms with van der Waals surface area (Å²) in [6, 6.07) is 14.4. The van der Waals surface area contributed by atoms with E-state index in [0.29, 0.717) is 24.3 Å². The molecule has 0 aliphatic heterocycles. The second-order valence-corrected chi connectivity index (χ2v) is 8.13. The lowest BCUT2D eigenvalue weighted by atomic mass is 9.98. The maximum absolute atomic E-state index is 13.1. The van der Waals surface area contributed by atoms with Gasteiger partial charge >= 0.3 is 5.97 Å². The number of ether oxygens (including phenoxy) is 1.